The van der Waals surface area contributed by atoms with Crippen LogP contribution in [0.4, 0.5) is 0 Å². The van der Waals surface area contributed by atoms with Crippen molar-refractivity contribution in [2.45, 2.75) is 18.3 Å². The quantitative estimate of drug-likeness (QED) is 0.662. The molecular weight excluding hydrogens is 178 g/mol. The summed E-state index contributed by atoms with van der Waals surface area (Å²) >= 11 is 0. The monoisotopic (exact) mass is 189 g/mol. The summed E-state index contributed by atoms with van der Waals surface area (Å²) in [6, 6.07) is 4.11. The number of hydrogen-bond donors (Lipinski definition) is 0. The van der Waals surface area contributed by atoms with Crippen molar-refractivity contribution in [2.75, 3.05) is 13.2 Å². The van der Waals surface area contributed by atoms with Crippen molar-refractivity contribution in [3.8, 4) is 6.07 Å². The molecule has 1 fully saturated rings. The van der Waals surface area contributed by atoms with Gasteiger partial charge in [-0.25, -0.2) is 9.97 Å². The first-order chi connectivity index (χ1) is 6.87. The number of hydrogen-bond acceptors (Lipinski definition) is 4. The van der Waals surface area contributed by atoms with E-state index in [0.717, 1.165) is 25.1 Å². The fourth-order valence-electron chi connectivity index (χ4n) is 1.72. The van der Waals surface area contributed by atoms with Crippen molar-refractivity contribution in [1.82, 2.24) is 9.97 Å². The van der Waals surface area contributed by atoms with E-state index in [1.807, 2.05) is 0 Å². The molecule has 72 valence electrons. The highest BCUT2D eigenvalue weighted by Gasteiger charge is 2.36. The van der Waals surface area contributed by atoms with Crippen LogP contribution in [-0.2, 0) is 10.2 Å². The Morgan fingerprint density at radius 1 is 1.57 bits per heavy atom. The number of ether oxygens (including phenoxy) is 1. The maximum Gasteiger partial charge on any atom is 0.123 e. The summed E-state index contributed by atoms with van der Waals surface area (Å²) in [4.78, 5) is 7.98. The van der Waals surface area contributed by atoms with Crippen LogP contribution in [0.15, 0.2) is 18.6 Å². The lowest BCUT2D eigenvalue weighted by atomic mass is 9.81. The van der Waals surface area contributed by atoms with Gasteiger partial charge in [0.25, 0.3) is 0 Å². The molecule has 1 unspecified atom stereocenters. The van der Waals surface area contributed by atoms with Crippen LogP contribution in [0.5, 0.6) is 0 Å². The third-order valence-corrected chi connectivity index (χ3v) is 2.53. The highest BCUT2D eigenvalue weighted by atomic mass is 16.5. The van der Waals surface area contributed by atoms with E-state index in [0.29, 0.717) is 6.61 Å². The molecule has 0 radical (unpaired) electrons. The SMILES string of the molecule is N#CC1(c2ccncn2)CCCOC1. The summed E-state index contributed by atoms with van der Waals surface area (Å²) in [5, 5.41) is 9.20. The highest BCUT2D eigenvalue weighted by Crippen LogP contribution is 2.30. The van der Waals surface area contributed by atoms with E-state index in [4.69, 9.17) is 4.74 Å². The minimum absolute atomic E-state index is 0.445. The number of aromatic nitrogens is 2. The molecule has 1 saturated heterocycles. The van der Waals surface area contributed by atoms with Crippen LogP contribution < -0.4 is 0 Å². The van der Waals surface area contributed by atoms with E-state index in [9.17, 15) is 5.26 Å². The van der Waals surface area contributed by atoms with Gasteiger partial charge in [-0.2, -0.15) is 5.26 Å². The van der Waals surface area contributed by atoms with Crippen LogP contribution in [0, 0.1) is 11.3 Å². The number of nitrogens with zero attached hydrogens (tertiary/aromatic N) is 3. The minimum atomic E-state index is -0.554. The lowest BCUT2D eigenvalue weighted by molar-refractivity contribution is 0.0547. The molecule has 1 aliphatic heterocycles. The van der Waals surface area contributed by atoms with E-state index in [2.05, 4.69) is 16.0 Å². The summed E-state index contributed by atoms with van der Waals surface area (Å²) in [5.74, 6) is 0. The van der Waals surface area contributed by atoms with E-state index in [-0.39, 0.29) is 0 Å². The molecule has 0 aromatic carbocycles. The van der Waals surface area contributed by atoms with Crippen molar-refractivity contribution < 1.29 is 4.74 Å². The maximum atomic E-state index is 9.20. The third-order valence-electron chi connectivity index (χ3n) is 2.53. The van der Waals surface area contributed by atoms with Gasteiger partial charge in [-0.1, -0.05) is 0 Å². The normalized spacial score (nSPS) is 26.8. The zero-order valence-corrected chi connectivity index (χ0v) is 7.81. The lowest BCUT2D eigenvalue weighted by Gasteiger charge is -2.29. The molecular formula is C10H11N3O. The fourth-order valence-corrected chi connectivity index (χ4v) is 1.72. The molecule has 2 heterocycles. The first kappa shape index (κ1) is 9.10. The molecule has 1 atom stereocenters. The van der Waals surface area contributed by atoms with E-state index in [1.165, 1.54) is 6.33 Å². The molecule has 4 heteroatoms. The Bertz CT molecular complexity index is 338. The zero-order chi connectivity index (χ0) is 9.86. The van der Waals surface area contributed by atoms with E-state index >= 15 is 0 Å². The molecule has 4 nitrogen and oxygen atoms in total. The van der Waals surface area contributed by atoms with Crippen LogP contribution in [0.3, 0.4) is 0 Å². The van der Waals surface area contributed by atoms with Gasteiger partial charge < -0.3 is 4.74 Å². The summed E-state index contributed by atoms with van der Waals surface area (Å²) in [7, 11) is 0. The minimum Gasteiger partial charge on any atom is -0.379 e. The van der Waals surface area contributed by atoms with Crippen molar-refractivity contribution >= 4 is 0 Å². The van der Waals surface area contributed by atoms with Crippen LogP contribution in [-0.4, -0.2) is 23.2 Å². The van der Waals surface area contributed by atoms with Crippen LogP contribution >= 0.6 is 0 Å². The van der Waals surface area contributed by atoms with Gasteiger partial charge >= 0.3 is 0 Å². The molecule has 2 rings (SSSR count). The average Bonchev–Trinajstić information content (AvgIpc) is 2.31. The van der Waals surface area contributed by atoms with Crippen LogP contribution in [0.25, 0.3) is 0 Å². The Labute approximate surface area is 82.6 Å². The van der Waals surface area contributed by atoms with Crippen molar-refractivity contribution in [3.63, 3.8) is 0 Å². The topological polar surface area (TPSA) is 58.8 Å². The number of nitriles is 1. The Morgan fingerprint density at radius 2 is 2.50 bits per heavy atom. The summed E-state index contributed by atoms with van der Waals surface area (Å²) in [6.07, 6.45) is 4.87. The smallest absolute Gasteiger partial charge is 0.123 e. The number of rotatable bonds is 1. The molecule has 1 aromatic rings. The van der Waals surface area contributed by atoms with Gasteiger partial charge in [-0.05, 0) is 18.9 Å². The zero-order valence-electron chi connectivity index (χ0n) is 7.81. The van der Waals surface area contributed by atoms with Gasteiger partial charge in [0.1, 0.15) is 11.7 Å². The van der Waals surface area contributed by atoms with Gasteiger partial charge in [-0.3, -0.25) is 0 Å². The Hall–Kier alpha value is -1.47. The maximum absolute atomic E-state index is 9.20. The molecule has 0 saturated carbocycles. The second-order valence-electron chi connectivity index (χ2n) is 3.44. The molecule has 14 heavy (non-hydrogen) atoms. The lowest BCUT2D eigenvalue weighted by Crippen LogP contribution is -2.35. The largest absolute Gasteiger partial charge is 0.379 e. The van der Waals surface area contributed by atoms with Gasteiger partial charge in [-0.15, -0.1) is 0 Å². The van der Waals surface area contributed by atoms with Crippen molar-refractivity contribution in [2.24, 2.45) is 0 Å². The first-order valence-corrected chi connectivity index (χ1v) is 4.63. The molecule has 0 amide bonds. The van der Waals surface area contributed by atoms with Gasteiger partial charge in [0, 0.05) is 12.8 Å². The van der Waals surface area contributed by atoms with Gasteiger partial charge in [0.05, 0.1) is 18.4 Å². The molecule has 0 bridgehead atoms. The summed E-state index contributed by atoms with van der Waals surface area (Å²) < 4.78 is 5.35. The molecule has 0 spiro atoms. The van der Waals surface area contributed by atoms with E-state index < -0.39 is 5.41 Å². The van der Waals surface area contributed by atoms with E-state index in [1.54, 1.807) is 12.3 Å². The van der Waals surface area contributed by atoms with Crippen molar-refractivity contribution in [1.29, 1.82) is 5.26 Å². The second kappa shape index (κ2) is 3.72. The second-order valence-corrected chi connectivity index (χ2v) is 3.44. The highest BCUT2D eigenvalue weighted by molar-refractivity contribution is 5.25. The van der Waals surface area contributed by atoms with Crippen LogP contribution in [0.2, 0.25) is 0 Å². The van der Waals surface area contributed by atoms with Crippen molar-refractivity contribution in [3.05, 3.63) is 24.3 Å². The van der Waals surface area contributed by atoms with Gasteiger partial charge in [0.15, 0.2) is 0 Å². The Morgan fingerprint density at radius 3 is 3.07 bits per heavy atom. The predicted molar refractivity (Wildman–Crippen MR) is 49.4 cm³/mol. The average molecular weight is 189 g/mol. The van der Waals surface area contributed by atoms with Gasteiger partial charge in [0.2, 0.25) is 0 Å². The standard InChI is InChI=1S/C10H11N3O/c11-6-10(3-1-5-14-7-10)9-2-4-12-8-13-9/h2,4,8H,1,3,5,7H2. The fraction of sp³-hybridized carbons (Fsp3) is 0.500. The molecule has 0 aliphatic carbocycles. The molecule has 1 aliphatic rings. The van der Waals surface area contributed by atoms with Crippen LogP contribution in [0.1, 0.15) is 18.5 Å². The Kier molecular flexibility index (Phi) is 2.42. The molecule has 1 aromatic heterocycles. The molecule has 0 N–H and O–H groups in total. The first-order valence-electron chi connectivity index (χ1n) is 4.63. The summed E-state index contributed by atoms with van der Waals surface area (Å²) in [6.45, 7) is 1.19. The third kappa shape index (κ3) is 1.47. The predicted octanol–water partition coefficient (Wildman–Crippen LogP) is 1.05. The Balaban J connectivity index is 2.33. The summed E-state index contributed by atoms with van der Waals surface area (Å²) in [5.41, 5.74) is 0.218.